The Morgan fingerprint density at radius 2 is 0.717 bits per heavy atom. The predicted molar refractivity (Wildman–Crippen MR) is 186 cm³/mol. The van der Waals surface area contributed by atoms with Crippen LogP contribution in [0.3, 0.4) is 0 Å². The molecule has 6 aromatic carbocycles. The van der Waals surface area contributed by atoms with Crippen molar-refractivity contribution in [1.82, 2.24) is 9.13 Å². The second-order valence-electron chi connectivity index (χ2n) is 12.7. The van der Waals surface area contributed by atoms with Gasteiger partial charge >= 0.3 is 0 Å². The Kier molecular flexibility index (Phi) is 5.98. The minimum atomic E-state index is -2.88. The van der Waals surface area contributed by atoms with E-state index in [-0.39, 0.29) is 6.42 Å². The summed E-state index contributed by atoms with van der Waals surface area (Å²) >= 11 is 0. The molecule has 0 N–H and O–H groups in total. The van der Waals surface area contributed by atoms with Gasteiger partial charge in [0.2, 0.25) is 0 Å². The molecule has 0 saturated heterocycles. The molecule has 1 fully saturated rings. The summed E-state index contributed by atoms with van der Waals surface area (Å²) in [5.74, 6) is -2.88. The Balaban J connectivity index is 1.18. The van der Waals surface area contributed by atoms with Gasteiger partial charge in [-0.3, -0.25) is 0 Å². The van der Waals surface area contributed by atoms with Crippen LogP contribution in [0.25, 0.3) is 55.0 Å². The minimum absolute atomic E-state index is 0.115. The van der Waals surface area contributed by atoms with Gasteiger partial charge in [0, 0.05) is 39.3 Å². The molecule has 2 heterocycles. The van der Waals surface area contributed by atoms with Crippen LogP contribution in [0.4, 0.5) is 8.78 Å². The summed E-state index contributed by atoms with van der Waals surface area (Å²) in [4.78, 5) is 0. The Labute approximate surface area is 266 Å². The third-order valence-electron chi connectivity index (χ3n) is 10.3. The lowest BCUT2D eigenvalue weighted by Crippen LogP contribution is -2.48. The number of hydrogen-bond acceptors (Lipinski definition) is 0. The van der Waals surface area contributed by atoms with Crippen molar-refractivity contribution < 1.29 is 8.78 Å². The summed E-state index contributed by atoms with van der Waals surface area (Å²) in [5, 5.41) is 4.73. The average molecular weight is 603 g/mol. The number of alkyl halides is 2. The van der Waals surface area contributed by atoms with Gasteiger partial charge in [-0.2, -0.15) is 0 Å². The number of halogens is 2. The quantitative estimate of drug-likeness (QED) is 0.190. The van der Waals surface area contributed by atoms with Gasteiger partial charge in [0.05, 0.1) is 27.5 Å². The standard InChI is InChI=1S/C42H32F2N2/c43-42(44)28-10-9-27-41(42,29-19-23-31(24-20-29)45-37-15-5-1-11-33(37)34-12-2-6-16-38(34)45)30-21-25-32(26-22-30)46-39-17-7-3-13-35(39)36-14-4-8-18-40(36)46/h1-8,11-26H,9-10,27-28H2. The molecule has 0 radical (unpaired) electrons. The molecule has 0 aliphatic heterocycles. The van der Waals surface area contributed by atoms with Crippen molar-refractivity contribution >= 4 is 43.6 Å². The molecule has 0 atom stereocenters. The van der Waals surface area contributed by atoms with Crippen LogP contribution in [0.1, 0.15) is 36.8 Å². The van der Waals surface area contributed by atoms with Crippen molar-refractivity contribution in [2.24, 2.45) is 0 Å². The fourth-order valence-electron chi connectivity index (χ4n) is 8.20. The molecule has 46 heavy (non-hydrogen) atoms. The van der Waals surface area contributed by atoms with E-state index in [4.69, 9.17) is 0 Å². The third-order valence-corrected chi connectivity index (χ3v) is 10.3. The largest absolute Gasteiger partial charge is 0.309 e. The monoisotopic (exact) mass is 602 g/mol. The van der Waals surface area contributed by atoms with E-state index < -0.39 is 11.3 Å². The molecular weight excluding hydrogens is 570 g/mol. The minimum Gasteiger partial charge on any atom is -0.309 e. The molecule has 1 aliphatic carbocycles. The third kappa shape index (κ3) is 3.79. The van der Waals surface area contributed by atoms with Crippen LogP contribution in [0, 0.1) is 0 Å². The zero-order valence-electron chi connectivity index (χ0n) is 25.3. The number of fused-ring (bicyclic) bond motifs is 6. The highest BCUT2D eigenvalue weighted by Gasteiger charge is 2.56. The van der Waals surface area contributed by atoms with Gasteiger partial charge in [-0.1, -0.05) is 103 Å². The van der Waals surface area contributed by atoms with Crippen LogP contribution in [0.5, 0.6) is 0 Å². The Morgan fingerprint density at radius 3 is 1.07 bits per heavy atom. The Morgan fingerprint density at radius 1 is 0.391 bits per heavy atom. The van der Waals surface area contributed by atoms with Crippen molar-refractivity contribution in [2.75, 3.05) is 0 Å². The molecule has 1 aliphatic rings. The highest BCUT2D eigenvalue weighted by molar-refractivity contribution is 6.10. The van der Waals surface area contributed by atoms with E-state index in [1.54, 1.807) is 0 Å². The van der Waals surface area contributed by atoms with E-state index in [9.17, 15) is 0 Å². The van der Waals surface area contributed by atoms with Gasteiger partial charge in [-0.05, 0) is 72.5 Å². The van der Waals surface area contributed by atoms with E-state index in [0.717, 1.165) is 39.9 Å². The van der Waals surface area contributed by atoms with E-state index in [0.29, 0.717) is 24.0 Å². The first-order valence-electron chi connectivity index (χ1n) is 16.1. The molecule has 4 heteroatoms. The fraction of sp³-hybridized carbons (Fsp3) is 0.143. The smallest absolute Gasteiger partial charge is 0.261 e. The number of rotatable bonds is 4. The number of nitrogens with zero attached hydrogens (tertiary/aromatic N) is 2. The lowest BCUT2D eigenvalue weighted by atomic mass is 9.62. The van der Waals surface area contributed by atoms with E-state index in [1.807, 2.05) is 72.8 Å². The summed E-state index contributed by atoms with van der Waals surface area (Å²) in [5.41, 5.74) is 6.31. The van der Waals surface area contributed by atoms with Crippen LogP contribution < -0.4 is 0 Å². The van der Waals surface area contributed by atoms with Gasteiger partial charge in [0.1, 0.15) is 0 Å². The van der Waals surface area contributed by atoms with Gasteiger partial charge in [0.25, 0.3) is 5.92 Å². The molecule has 0 amide bonds. The van der Waals surface area contributed by atoms with Crippen molar-refractivity contribution in [1.29, 1.82) is 0 Å². The van der Waals surface area contributed by atoms with Crippen LogP contribution in [0.15, 0.2) is 146 Å². The van der Waals surface area contributed by atoms with Crippen molar-refractivity contribution in [3.05, 3.63) is 157 Å². The average Bonchev–Trinajstić information content (AvgIpc) is 3.62. The van der Waals surface area contributed by atoms with Crippen molar-refractivity contribution in [2.45, 2.75) is 37.0 Å². The molecule has 8 aromatic rings. The molecule has 0 spiro atoms. The SMILES string of the molecule is FC1(F)CCCCC1(c1ccc(-n2c3ccccc3c3ccccc32)cc1)c1ccc(-n2c3ccccc3c3ccccc32)cc1. The maximum Gasteiger partial charge on any atom is 0.261 e. The number of para-hydroxylation sites is 4. The molecule has 0 bridgehead atoms. The van der Waals surface area contributed by atoms with E-state index in [2.05, 4.69) is 81.9 Å². The molecule has 1 saturated carbocycles. The van der Waals surface area contributed by atoms with Crippen molar-refractivity contribution in [3.8, 4) is 11.4 Å². The van der Waals surface area contributed by atoms with Crippen LogP contribution in [0.2, 0.25) is 0 Å². The van der Waals surface area contributed by atoms with Crippen LogP contribution >= 0.6 is 0 Å². The highest BCUT2D eigenvalue weighted by atomic mass is 19.3. The normalized spacial score (nSPS) is 16.0. The van der Waals surface area contributed by atoms with Gasteiger partial charge in [-0.25, -0.2) is 8.78 Å². The molecular formula is C42H32F2N2. The lowest BCUT2D eigenvalue weighted by Gasteiger charge is -2.45. The lowest BCUT2D eigenvalue weighted by molar-refractivity contribution is -0.0904. The van der Waals surface area contributed by atoms with Gasteiger partial charge < -0.3 is 9.13 Å². The first-order chi connectivity index (χ1) is 22.6. The first kappa shape index (κ1) is 27.1. The molecule has 0 unspecified atom stereocenters. The molecule has 224 valence electrons. The predicted octanol–water partition coefficient (Wildman–Crippen LogP) is 11.4. The number of aromatic nitrogens is 2. The fourth-order valence-corrected chi connectivity index (χ4v) is 8.20. The zero-order valence-corrected chi connectivity index (χ0v) is 25.3. The van der Waals surface area contributed by atoms with Crippen LogP contribution in [-0.2, 0) is 5.41 Å². The van der Waals surface area contributed by atoms with E-state index >= 15 is 8.78 Å². The second-order valence-corrected chi connectivity index (χ2v) is 12.7. The first-order valence-corrected chi connectivity index (χ1v) is 16.1. The van der Waals surface area contributed by atoms with E-state index in [1.165, 1.54) is 21.5 Å². The molecule has 2 aromatic heterocycles. The second kappa shape index (κ2) is 10.1. The topological polar surface area (TPSA) is 9.86 Å². The molecule has 2 nitrogen and oxygen atoms in total. The Hall–Kier alpha value is -5.22. The van der Waals surface area contributed by atoms with Gasteiger partial charge in [0.15, 0.2) is 0 Å². The number of benzene rings is 6. The summed E-state index contributed by atoms with van der Waals surface area (Å²) < 4.78 is 37.4. The summed E-state index contributed by atoms with van der Waals surface area (Å²) in [6, 6.07) is 49.4. The molecule has 9 rings (SSSR count). The summed E-state index contributed by atoms with van der Waals surface area (Å²) in [6.45, 7) is 0. The maximum atomic E-state index is 16.5. The van der Waals surface area contributed by atoms with Crippen LogP contribution in [-0.4, -0.2) is 15.1 Å². The van der Waals surface area contributed by atoms with Gasteiger partial charge in [-0.15, -0.1) is 0 Å². The zero-order chi connectivity index (χ0) is 30.9. The summed E-state index contributed by atoms with van der Waals surface area (Å²) in [7, 11) is 0. The number of hydrogen-bond donors (Lipinski definition) is 0. The van der Waals surface area contributed by atoms with Crippen molar-refractivity contribution in [3.63, 3.8) is 0 Å². The summed E-state index contributed by atoms with van der Waals surface area (Å²) in [6.07, 6.45) is 1.59. The highest BCUT2D eigenvalue weighted by Crippen LogP contribution is 2.54. The Bertz CT molecular complexity index is 2130. The maximum absolute atomic E-state index is 16.5.